The van der Waals surface area contributed by atoms with E-state index in [1.54, 1.807) is 18.3 Å². The molecule has 1 saturated heterocycles. The summed E-state index contributed by atoms with van der Waals surface area (Å²) in [6, 6.07) is 13.4. The van der Waals surface area contributed by atoms with Crippen molar-refractivity contribution < 1.29 is 4.79 Å². The molecule has 25 heavy (non-hydrogen) atoms. The molecule has 0 unspecified atom stereocenters. The summed E-state index contributed by atoms with van der Waals surface area (Å²) >= 11 is 1.36. The molecule has 3 aromatic rings. The number of aromatic nitrogens is 3. The third-order valence-corrected chi connectivity index (χ3v) is 4.99. The first-order valence-corrected chi connectivity index (χ1v) is 9.03. The monoisotopic (exact) mass is 351 g/mol. The molecule has 1 amide bonds. The Bertz CT molecular complexity index is 874. The molecule has 0 saturated carbocycles. The van der Waals surface area contributed by atoms with Crippen LogP contribution in [0.2, 0.25) is 0 Å². The predicted octanol–water partition coefficient (Wildman–Crippen LogP) is 3.45. The zero-order valence-electron chi connectivity index (χ0n) is 13.6. The molecular formula is C18H17N5OS. The number of carbonyl (C=O) groups excluding carboxylic acids is 1. The van der Waals surface area contributed by atoms with Gasteiger partial charge in [-0.25, -0.2) is 4.98 Å². The minimum Gasteiger partial charge on any atom is -0.356 e. The average Bonchev–Trinajstić information content (AvgIpc) is 3.34. The lowest BCUT2D eigenvalue weighted by Gasteiger charge is -2.18. The molecule has 126 valence electrons. The van der Waals surface area contributed by atoms with Crippen LogP contribution in [0.4, 0.5) is 10.9 Å². The summed E-state index contributed by atoms with van der Waals surface area (Å²) in [5, 5.41) is 12.4. The Hall–Kier alpha value is -2.80. The largest absolute Gasteiger partial charge is 0.356 e. The lowest BCUT2D eigenvalue weighted by atomic mass is 10.2. The molecule has 0 bridgehead atoms. The van der Waals surface area contributed by atoms with Crippen LogP contribution in [0.5, 0.6) is 0 Å². The molecule has 0 spiro atoms. The van der Waals surface area contributed by atoms with Crippen LogP contribution in [0, 0.1) is 0 Å². The van der Waals surface area contributed by atoms with Crippen molar-refractivity contribution in [1.82, 2.24) is 15.2 Å². The SMILES string of the molecule is O=C(Nc1nnc(-c2ccccc2)s1)c1cccnc1N1CCCC1. The van der Waals surface area contributed by atoms with E-state index in [2.05, 4.69) is 25.4 Å². The molecule has 1 fully saturated rings. The minimum absolute atomic E-state index is 0.203. The van der Waals surface area contributed by atoms with Gasteiger partial charge in [0.2, 0.25) is 5.13 Å². The first-order chi connectivity index (χ1) is 12.3. The van der Waals surface area contributed by atoms with E-state index in [-0.39, 0.29) is 5.91 Å². The van der Waals surface area contributed by atoms with Gasteiger partial charge in [-0.1, -0.05) is 41.7 Å². The highest BCUT2D eigenvalue weighted by molar-refractivity contribution is 7.18. The molecule has 0 aliphatic carbocycles. The van der Waals surface area contributed by atoms with E-state index in [0.29, 0.717) is 10.7 Å². The van der Waals surface area contributed by atoms with E-state index in [1.165, 1.54) is 11.3 Å². The van der Waals surface area contributed by atoms with Crippen molar-refractivity contribution in [3.63, 3.8) is 0 Å². The molecule has 4 rings (SSSR count). The zero-order valence-corrected chi connectivity index (χ0v) is 14.4. The predicted molar refractivity (Wildman–Crippen MR) is 99.0 cm³/mol. The highest BCUT2D eigenvalue weighted by Crippen LogP contribution is 2.27. The van der Waals surface area contributed by atoms with Gasteiger partial charge in [0.1, 0.15) is 10.8 Å². The van der Waals surface area contributed by atoms with Gasteiger partial charge in [-0.15, -0.1) is 10.2 Å². The second-order valence-electron chi connectivity index (χ2n) is 5.80. The summed E-state index contributed by atoms with van der Waals surface area (Å²) in [5.41, 5.74) is 1.56. The normalized spacial score (nSPS) is 13.8. The number of rotatable bonds is 4. The number of benzene rings is 1. The van der Waals surface area contributed by atoms with Gasteiger partial charge >= 0.3 is 0 Å². The molecule has 3 heterocycles. The van der Waals surface area contributed by atoms with E-state index in [0.717, 1.165) is 42.3 Å². The van der Waals surface area contributed by atoms with Crippen LogP contribution in [0.3, 0.4) is 0 Å². The van der Waals surface area contributed by atoms with E-state index in [9.17, 15) is 4.79 Å². The van der Waals surface area contributed by atoms with Crippen molar-refractivity contribution in [2.24, 2.45) is 0 Å². The maximum atomic E-state index is 12.7. The third-order valence-electron chi connectivity index (χ3n) is 4.10. The number of carbonyl (C=O) groups is 1. The molecule has 1 aliphatic rings. The zero-order chi connectivity index (χ0) is 17.1. The number of hydrogen-bond acceptors (Lipinski definition) is 6. The summed E-state index contributed by atoms with van der Waals surface area (Å²) in [6.07, 6.45) is 3.99. The molecule has 6 nitrogen and oxygen atoms in total. The number of anilines is 2. The lowest BCUT2D eigenvalue weighted by Crippen LogP contribution is -2.24. The smallest absolute Gasteiger partial charge is 0.261 e. The molecular weight excluding hydrogens is 334 g/mol. The van der Waals surface area contributed by atoms with E-state index in [4.69, 9.17) is 0 Å². The van der Waals surface area contributed by atoms with Gasteiger partial charge in [0.25, 0.3) is 5.91 Å². The first kappa shape index (κ1) is 15.7. The Morgan fingerprint density at radius 3 is 2.64 bits per heavy atom. The van der Waals surface area contributed by atoms with Gasteiger partial charge < -0.3 is 4.90 Å². The van der Waals surface area contributed by atoms with Crippen molar-refractivity contribution in [3.05, 3.63) is 54.2 Å². The molecule has 1 aromatic carbocycles. The molecule has 1 aliphatic heterocycles. The van der Waals surface area contributed by atoms with Gasteiger partial charge in [0.15, 0.2) is 0 Å². The van der Waals surface area contributed by atoms with Crippen LogP contribution < -0.4 is 10.2 Å². The highest BCUT2D eigenvalue weighted by atomic mass is 32.1. The Morgan fingerprint density at radius 1 is 1.04 bits per heavy atom. The van der Waals surface area contributed by atoms with Crippen LogP contribution >= 0.6 is 11.3 Å². The van der Waals surface area contributed by atoms with E-state index < -0.39 is 0 Å². The van der Waals surface area contributed by atoms with Crippen molar-refractivity contribution in [3.8, 4) is 10.6 Å². The average molecular weight is 351 g/mol. The molecule has 7 heteroatoms. The fourth-order valence-electron chi connectivity index (χ4n) is 2.89. The maximum Gasteiger partial charge on any atom is 0.261 e. The summed E-state index contributed by atoms with van der Waals surface area (Å²) in [7, 11) is 0. The molecule has 0 atom stereocenters. The van der Waals surface area contributed by atoms with Crippen molar-refractivity contribution >= 4 is 28.2 Å². The fraction of sp³-hybridized carbons (Fsp3) is 0.222. The van der Waals surface area contributed by atoms with Gasteiger partial charge in [-0.3, -0.25) is 10.1 Å². The Kier molecular flexibility index (Phi) is 4.39. The molecule has 2 aromatic heterocycles. The van der Waals surface area contributed by atoms with E-state index in [1.807, 2.05) is 30.3 Å². The van der Waals surface area contributed by atoms with Crippen LogP contribution in [0.1, 0.15) is 23.2 Å². The topological polar surface area (TPSA) is 71.0 Å². The lowest BCUT2D eigenvalue weighted by molar-refractivity contribution is 0.102. The summed E-state index contributed by atoms with van der Waals surface area (Å²) < 4.78 is 0. The number of pyridine rings is 1. The van der Waals surface area contributed by atoms with Gasteiger partial charge in [-0.05, 0) is 25.0 Å². The third kappa shape index (κ3) is 3.36. The van der Waals surface area contributed by atoms with E-state index >= 15 is 0 Å². The standard InChI is InChI=1S/C18H17N5OS/c24-16(14-9-6-10-19-15(14)23-11-4-5-12-23)20-18-22-21-17(25-18)13-7-2-1-3-8-13/h1-3,6-10H,4-5,11-12H2,(H,20,22,24). The van der Waals surface area contributed by atoms with Crippen LogP contribution in [-0.4, -0.2) is 34.2 Å². The number of nitrogens with zero attached hydrogens (tertiary/aromatic N) is 4. The van der Waals surface area contributed by atoms with Crippen molar-refractivity contribution in [2.45, 2.75) is 12.8 Å². The van der Waals surface area contributed by atoms with Crippen molar-refractivity contribution in [2.75, 3.05) is 23.3 Å². The Balaban J connectivity index is 1.54. The van der Waals surface area contributed by atoms with Crippen LogP contribution in [0.25, 0.3) is 10.6 Å². The van der Waals surface area contributed by atoms with Crippen LogP contribution in [-0.2, 0) is 0 Å². The van der Waals surface area contributed by atoms with Gasteiger partial charge in [-0.2, -0.15) is 0 Å². The molecule has 0 radical (unpaired) electrons. The summed E-state index contributed by atoms with van der Waals surface area (Å²) in [5.74, 6) is 0.538. The number of amides is 1. The second kappa shape index (κ2) is 6.98. The fourth-order valence-corrected chi connectivity index (χ4v) is 3.63. The summed E-state index contributed by atoms with van der Waals surface area (Å²) in [4.78, 5) is 19.3. The van der Waals surface area contributed by atoms with Crippen LogP contribution in [0.15, 0.2) is 48.7 Å². The first-order valence-electron chi connectivity index (χ1n) is 8.21. The number of nitrogens with one attached hydrogen (secondary N) is 1. The van der Waals surface area contributed by atoms with Crippen molar-refractivity contribution in [1.29, 1.82) is 0 Å². The minimum atomic E-state index is -0.203. The van der Waals surface area contributed by atoms with Gasteiger partial charge in [0.05, 0.1) is 5.56 Å². The Morgan fingerprint density at radius 2 is 1.84 bits per heavy atom. The second-order valence-corrected chi connectivity index (χ2v) is 6.78. The maximum absolute atomic E-state index is 12.7. The van der Waals surface area contributed by atoms with Gasteiger partial charge in [0, 0.05) is 24.8 Å². The summed E-state index contributed by atoms with van der Waals surface area (Å²) in [6.45, 7) is 1.88. The quantitative estimate of drug-likeness (QED) is 0.779. The molecule has 1 N–H and O–H groups in total. The highest BCUT2D eigenvalue weighted by Gasteiger charge is 2.21. The number of hydrogen-bond donors (Lipinski definition) is 1. The Labute approximate surface area is 149 Å².